The Morgan fingerprint density at radius 3 is 2.89 bits per heavy atom. The van der Waals surface area contributed by atoms with E-state index in [0.29, 0.717) is 5.82 Å². The molecule has 0 saturated heterocycles. The van der Waals surface area contributed by atoms with Crippen molar-refractivity contribution in [1.82, 2.24) is 14.5 Å². The molecule has 0 bridgehead atoms. The molecule has 0 amide bonds. The third-order valence-electron chi connectivity index (χ3n) is 3.03. The van der Waals surface area contributed by atoms with Crippen molar-refractivity contribution in [1.29, 1.82) is 0 Å². The molecule has 2 N–H and O–H groups in total. The Bertz CT molecular complexity index is 662. The number of aromatic nitrogens is 3. The quantitative estimate of drug-likeness (QED) is 0.851. The predicted octanol–water partition coefficient (Wildman–Crippen LogP) is 3.40. The maximum Gasteiger partial charge on any atom is 0.150 e. The lowest BCUT2D eigenvalue weighted by molar-refractivity contribution is 1.10. The van der Waals surface area contributed by atoms with Crippen LogP contribution in [0.5, 0.6) is 0 Å². The molecular formula is C15H18N4. The van der Waals surface area contributed by atoms with Crippen LogP contribution in [0.1, 0.15) is 20.3 Å². The first-order chi connectivity index (χ1) is 9.17. The van der Waals surface area contributed by atoms with Gasteiger partial charge in [0.15, 0.2) is 0 Å². The summed E-state index contributed by atoms with van der Waals surface area (Å²) >= 11 is 0. The van der Waals surface area contributed by atoms with Gasteiger partial charge in [-0.05, 0) is 25.5 Å². The fourth-order valence-corrected chi connectivity index (χ4v) is 1.82. The van der Waals surface area contributed by atoms with Crippen LogP contribution in [0.2, 0.25) is 0 Å². The summed E-state index contributed by atoms with van der Waals surface area (Å²) in [7, 11) is 0. The molecule has 4 nitrogen and oxygen atoms in total. The van der Waals surface area contributed by atoms with Gasteiger partial charge < -0.3 is 10.3 Å². The van der Waals surface area contributed by atoms with Crippen molar-refractivity contribution in [3.63, 3.8) is 0 Å². The lowest BCUT2D eigenvalue weighted by atomic mass is 10.2. The van der Waals surface area contributed by atoms with Crippen molar-refractivity contribution in [2.45, 2.75) is 20.3 Å². The number of nitrogen functional groups attached to an aromatic ring is 1. The number of rotatable bonds is 4. The molecule has 0 aromatic carbocycles. The molecular weight excluding hydrogens is 236 g/mol. The molecule has 0 saturated carbocycles. The van der Waals surface area contributed by atoms with Crippen LogP contribution in [0.15, 0.2) is 49.0 Å². The van der Waals surface area contributed by atoms with Crippen molar-refractivity contribution >= 4 is 22.5 Å². The first-order valence-corrected chi connectivity index (χ1v) is 6.27. The van der Waals surface area contributed by atoms with Crippen LogP contribution >= 0.6 is 0 Å². The summed E-state index contributed by atoms with van der Waals surface area (Å²) in [6, 6.07) is 1.93. The number of nitrogens with two attached hydrogens (primary N) is 1. The summed E-state index contributed by atoms with van der Waals surface area (Å²) < 4.78 is 1.99. The fraction of sp³-hybridized carbons (Fsp3) is 0.200. The molecule has 0 unspecified atom stereocenters. The third-order valence-corrected chi connectivity index (χ3v) is 3.03. The van der Waals surface area contributed by atoms with Crippen molar-refractivity contribution in [2.75, 3.05) is 5.73 Å². The Hall–Kier alpha value is -2.36. The van der Waals surface area contributed by atoms with Gasteiger partial charge >= 0.3 is 0 Å². The van der Waals surface area contributed by atoms with Crippen molar-refractivity contribution in [3.8, 4) is 0 Å². The average molecular weight is 254 g/mol. The van der Waals surface area contributed by atoms with E-state index in [9.17, 15) is 0 Å². The Morgan fingerprint density at radius 1 is 1.42 bits per heavy atom. The molecule has 2 aromatic rings. The second kappa shape index (κ2) is 5.52. The van der Waals surface area contributed by atoms with Gasteiger partial charge in [0.2, 0.25) is 0 Å². The van der Waals surface area contributed by atoms with E-state index < -0.39 is 0 Å². The number of nitrogens with zero attached hydrogens (tertiary/aromatic N) is 3. The van der Waals surface area contributed by atoms with Gasteiger partial charge in [-0.15, -0.1) is 0 Å². The highest BCUT2D eigenvalue weighted by atomic mass is 15.1. The molecule has 2 rings (SSSR count). The second-order valence-electron chi connectivity index (χ2n) is 4.24. The van der Waals surface area contributed by atoms with Crippen LogP contribution in [0.3, 0.4) is 0 Å². The Kier molecular flexibility index (Phi) is 3.80. The van der Waals surface area contributed by atoms with Crippen LogP contribution in [0, 0.1) is 0 Å². The molecule has 2 aromatic heterocycles. The van der Waals surface area contributed by atoms with E-state index in [1.54, 1.807) is 0 Å². The van der Waals surface area contributed by atoms with Gasteiger partial charge in [-0.25, -0.2) is 9.97 Å². The molecule has 0 aliphatic rings. The van der Waals surface area contributed by atoms with E-state index in [1.165, 1.54) is 6.33 Å². The number of allylic oxidation sites excluding steroid dienone is 5. The second-order valence-corrected chi connectivity index (χ2v) is 4.24. The van der Waals surface area contributed by atoms with Crippen molar-refractivity contribution in [2.24, 2.45) is 0 Å². The van der Waals surface area contributed by atoms with Crippen LogP contribution in [0.4, 0.5) is 5.82 Å². The predicted molar refractivity (Wildman–Crippen MR) is 80.5 cm³/mol. The van der Waals surface area contributed by atoms with E-state index >= 15 is 0 Å². The Balaban J connectivity index is 2.45. The van der Waals surface area contributed by atoms with Crippen molar-refractivity contribution in [3.05, 3.63) is 49.0 Å². The molecule has 2 heterocycles. The maximum atomic E-state index is 5.84. The standard InChI is InChI=1S/C15H18N4/c1-4-11(3)6-7-12(5-2)19-9-8-13-14(16)17-10-18-15(13)19/h5-10H,3-4H2,1-2H3,(H2,16,17,18)/b7-6-,12-5+. The first kappa shape index (κ1) is 13.1. The smallest absolute Gasteiger partial charge is 0.150 e. The van der Waals surface area contributed by atoms with E-state index in [4.69, 9.17) is 5.73 Å². The monoisotopic (exact) mass is 254 g/mol. The minimum Gasteiger partial charge on any atom is -0.383 e. The zero-order chi connectivity index (χ0) is 13.8. The van der Waals surface area contributed by atoms with Crippen molar-refractivity contribution < 1.29 is 0 Å². The fourth-order valence-electron chi connectivity index (χ4n) is 1.82. The molecule has 0 atom stereocenters. The molecule has 0 aliphatic heterocycles. The number of hydrogen-bond donors (Lipinski definition) is 1. The minimum absolute atomic E-state index is 0.501. The highest BCUT2D eigenvalue weighted by molar-refractivity contribution is 5.89. The zero-order valence-electron chi connectivity index (χ0n) is 11.3. The van der Waals surface area contributed by atoms with Gasteiger partial charge in [0.25, 0.3) is 0 Å². The van der Waals surface area contributed by atoms with Gasteiger partial charge in [-0.2, -0.15) is 0 Å². The lowest BCUT2D eigenvalue weighted by Gasteiger charge is -2.05. The van der Waals surface area contributed by atoms with Crippen LogP contribution in [0.25, 0.3) is 16.7 Å². The molecule has 98 valence electrons. The Morgan fingerprint density at radius 2 is 2.21 bits per heavy atom. The molecule has 0 fully saturated rings. The highest BCUT2D eigenvalue weighted by Crippen LogP contribution is 2.21. The van der Waals surface area contributed by atoms with E-state index in [0.717, 1.165) is 28.7 Å². The Labute approximate surface area is 113 Å². The average Bonchev–Trinajstić information content (AvgIpc) is 2.85. The number of anilines is 1. The van der Waals surface area contributed by atoms with Crippen LogP contribution in [-0.4, -0.2) is 14.5 Å². The summed E-state index contributed by atoms with van der Waals surface area (Å²) in [6.07, 6.45) is 10.4. The molecule has 0 spiro atoms. The zero-order valence-corrected chi connectivity index (χ0v) is 11.3. The van der Waals surface area contributed by atoms with Gasteiger partial charge in [0.05, 0.1) is 5.39 Å². The summed E-state index contributed by atoms with van der Waals surface area (Å²) in [6.45, 7) is 8.04. The number of hydrogen-bond acceptors (Lipinski definition) is 3. The largest absolute Gasteiger partial charge is 0.383 e. The first-order valence-electron chi connectivity index (χ1n) is 6.27. The molecule has 0 radical (unpaired) electrons. The maximum absolute atomic E-state index is 5.84. The van der Waals surface area contributed by atoms with Crippen LogP contribution < -0.4 is 5.73 Å². The summed E-state index contributed by atoms with van der Waals surface area (Å²) in [4.78, 5) is 8.29. The van der Waals surface area contributed by atoms with E-state index in [-0.39, 0.29) is 0 Å². The third kappa shape index (κ3) is 2.57. The molecule has 19 heavy (non-hydrogen) atoms. The van der Waals surface area contributed by atoms with E-state index in [1.807, 2.05) is 42.0 Å². The van der Waals surface area contributed by atoms with Gasteiger partial charge in [0, 0.05) is 11.9 Å². The van der Waals surface area contributed by atoms with Crippen LogP contribution in [-0.2, 0) is 0 Å². The lowest BCUT2D eigenvalue weighted by Crippen LogP contribution is -1.97. The van der Waals surface area contributed by atoms with Gasteiger partial charge in [0.1, 0.15) is 17.8 Å². The summed E-state index contributed by atoms with van der Waals surface area (Å²) in [5.74, 6) is 0.501. The van der Waals surface area contributed by atoms with E-state index in [2.05, 4.69) is 23.5 Å². The minimum atomic E-state index is 0.501. The normalized spacial score (nSPS) is 12.4. The molecule has 4 heteroatoms. The summed E-state index contributed by atoms with van der Waals surface area (Å²) in [5, 5.41) is 0.865. The van der Waals surface area contributed by atoms with Gasteiger partial charge in [-0.1, -0.05) is 31.2 Å². The molecule has 0 aliphatic carbocycles. The highest BCUT2D eigenvalue weighted by Gasteiger charge is 2.07. The summed E-state index contributed by atoms with van der Waals surface area (Å²) in [5.41, 5.74) is 8.77. The SMILES string of the molecule is C=C(/C=C\C(=C/C)n1ccc2c(N)ncnc21)CC. The van der Waals surface area contributed by atoms with Gasteiger partial charge in [-0.3, -0.25) is 0 Å². The number of fused-ring (bicyclic) bond motifs is 1. The topological polar surface area (TPSA) is 56.7 Å².